The fourth-order valence-corrected chi connectivity index (χ4v) is 7.26. The summed E-state index contributed by atoms with van der Waals surface area (Å²) in [4.78, 5) is 24.9. The van der Waals surface area contributed by atoms with Gasteiger partial charge in [-0.1, -0.05) is 27.2 Å². The number of carbonyl (C=O) groups excluding carboxylic acids is 2. The number of hydrogen-bond donors (Lipinski definition) is 1. The Hall–Kier alpha value is -0.750. The molecular formula is C26H44O5S. The largest absolute Gasteiger partial charge is 0.462 e. The predicted molar refractivity (Wildman–Crippen MR) is 128 cm³/mol. The lowest BCUT2D eigenvalue weighted by Gasteiger charge is -2.58. The topological polar surface area (TPSA) is 72.8 Å². The first-order valence-corrected chi connectivity index (χ1v) is 13.9. The summed E-state index contributed by atoms with van der Waals surface area (Å²) in [6, 6.07) is 0. The van der Waals surface area contributed by atoms with Crippen LogP contribution in [0.3, 0.4) is 0 Å². The van der Waals surface area contributed by atoms with Crippen molar-refractivity contribution in [3.63, 3.8) is 0 Å². The molecule has 32 heavy (non-hydrogen) atoms. The van der Waals surface area contributed by atoms with E-state index in [1.807, 2.05) is 32.5 Å². The Morgan fingerprint density at radius 2 is 1.97 bits per heavy atom. The van der Waals surface area contributed by atoms with Crippen molar-refractivity contribution < 1.29 is 24.2 Å². The molecule has 5 nitrogen and oxygen atoms in total. The Bertz CT molecular complexity index is 679. The molecule has 2 saturated carbocycles. The normalized spacial score (nSPS) is 40.3. The van der Waals surface area contributed by atoms with Gasteiger partial charge in [0, 0.05) is 17.1 Å². The molecule has 0 unspecified atom stereocenters. The Balaban J connectivity index is 1.82. The molecule has 1 N–H and O–H groups in total. The van der Waals surface area contributed by atoms with Crippen LogP contribution in [-0.2, 0) is 19.1 Å². The number of thioether (sulfide) groups is 1. The zero-order valence-electron chi connectivity index (χ0n) is 20.9. The summed E-state index contributed by atoms with van der Waals surface area (Å²) >= 11 is 1.91. The highest BCUT2D eigenvalue weighted by Crippen LogP contribution is 2.59. The van der Waals surface area contributed by atoms with E-state index in [9.17, 15) is 14.7 Å². The SMILES string of the molecule is CCC(C)(C)C(=O)O[C@H]1C[C@@H](SC)C[C@@H]2CC[C@H](C)[C@H](CC[C@@H]3C[C@@H](O)CC(=O)O3)[C@]21C. The van der Waals surface area contributed by atoms with Gasteiger partial charge in [-0.25, -0.2) is 0 Å². The number of aliphatic hydroxyl groups is 1. The zero-order valence-corrected chi connectivity index (χ0v) is 21.7. The number of rotatable bonds is 7. The molecule has 2 aliphatic carbocycles. The van der Waals surface area contributed by atoms with Gasteiger partial charge in [0.1, 0.15) is 12.2 Å². The maximum Gasteiger partial charge on any atom is 0.311 e. The van der Waals surface area contributed by atoms with Crippen molar-refractivity contribution in [3.8, 4) is 0 Å². The zero-order chi connectivity index (χ0) is 23.7. The first kappa shape index (κ1) is 25.9. The molecule has 0 amide bonds. The molecule has 3 fully saturated rings. The third kappa shape index (κ3) is 5.32. The van der Waals surface area contributed by atoms with Gasteiger partial charge in [-0.3, -0.25) is 9.59 Å². The second kappa shape index (κ2) is 10.2. The third-order valence-electron chi connectivity index (χ3n) is 9.11. The minimum Gasteiger partial charge on any atom is -0.462 e. The van der Waals surface area contributed by atoms with E-state index >= 15 is 0 Å². The molecule has 0 aromatic rings. The average molecular weight is 469 g/mol. The highest BCUT2D eigenvalue weighted by Gasteiger charge is 2.56. The molecule has 0 bridgehead atoms. The van der Waals surface area contributed by atoms with Crippen LogP contribution in [-0.4, -0.2) is 46.9 Å². The van der Waals surface area contributed by atoms with Crippen LogP contribution >= 0.6 is 11.8 Å². The van der Waals surface area contributed by atoms with Crippen molar-refractivity contribution in [2.24, 2.45) is 28.6 Å². The van der Waals surface area contributed by atoms with Crippen molar-refractivity contribution in [2.75, 3.05) is 6.26 Å². The smallest absolute Gasteiger partial charge is 0.311 e. The summed E-state index contributed by atoms with van der Waals surface area (Å²) in [6.07, 6.45) is 8.90. The Morgan fingerprint density at radius 3 is 2.59 bits per heavy atom. The van der Waals surface area contributed by atoms with Gasteiger partial charge in [-0.15, -0.1) is 0 Å². The van der Waals surface area contributed by atoms with Gasteiger partial charge in [0.2, 0.25) is 0 Å². The lowest BCUT2D eigenvalue weighted by Crippen LogP contribution is -2.57. The first-order chi connectivity index (χ1) is 15.0. The van der Waals surface area contributed by atoms with E-state index in [4.69, 9.17) is 9.47 Å². The summed E-state index contributed by atoms with van der Waals surface area (Å²) < 4.78 is 11.9. The van der Waals surface area contributed by atoms with E-state index in [2.05, 4.69) is 20.1 Å². The molecule has 1 aliphatic heterocycles. The number of ether oxygens (including phenoxy) is 2. The lowest BCUT2D eigenvalue weighted by molar-refractivity contribution is -0.187. The standard InChI is InChI=1S/C26H44O5S/c1-7-25(3,4)24(29)31-22-15-20(32-6)12-17-9-8-16(2)21(26(17,22)5)11-10-19-13-18(27)14-23(28)30-19/h16-22,27H,7-15H2,1-6H3/t16-,17-,18+,19+,20-,21-,22-,26-/m0/s1. The van der Waals surface area contributed by atoms with E-state index in [0.717, 1.165) is 25.7 Å². The number of carbonyl (C=O) groups is 2. The quantitative estimate of drug-likeness (QED) is 0.506. The van der Waals surface area contributed by atoms with Crippen LogP contribution in [0, 0.1) is 28.6 Å². The van der Waals surface area contributed by atoms with E-state index in [1.165, 1.54) is 19.3 Å². The molecule has 0 radical (unpaired) electrons. The number of hydrogen-bond acceptors (Lipinski definition) is 6. The van der Waals surface area contributed by atoms with Crippen LogP contribution < -0.4 is 0 Å². The summed E-state index contributed by atoms with van der Waals surface area (Å²) in [5.41, 5.74) is -0.541. The monoisotopic (exact) mass is 468 g/mol. The second-order valence-corrected chi connectivity index (χ2v) is 12.6. The molecule has 8 atom stereocenters. The van der Waals surface area contributed by atoms with Crippen molar-refractivity contribution in [1.29, 1.82) is 0 Å². The van der Waals surface area contributed by atoms with Gasteiger partial charge >= 0.3 is 11.9 Å². The van der Waals surface area contributed by atoms with Crippen LogP contribution in [0.2, 0.25) is 0 Å². The molecule has 184 valence electrons. The van der Waals surface area contributed by atoms with Gasteiger partial charge in [0.25, 0.3) is 0 Å². The number of cyclic esters (lactones) is 1. The van der Waals surface area contributed by atoms with Crippen LogP contribution in [0.25, 0.3) is 0 Å². The van der Waals surface area contributed by atoms with Crippen molar-refractivity contribution >= 4 is 23.7 Å². The number of fused-ring (bicyclic) bond motifs is 1. The minimum absolute atomic E-state index is 0.0688. The first-order valence-electron chi connectivity index (χ1n) is 12.6. The summed E-state index contributed by atoms with van der Waals surface area (Å²) in [6.45, 7) is 10.7. The van der Waals surface area contributed by atoms with Crippen molar-refractivity contribution in [1.82, 2.24) is 0 Å². The predicted octanol–water partition coefficient (Wildman–Crippen LogP) is 5.38. The van der Waals surface area contributed by atoms with Crippen molar-refractivity contribution in [3.05, 3.63) is 0 Å². The molecule has 0 aromatic carbocycles. The molecular weight excluding hydrogens is 424 g/mol. The Morgan fingerprint density at radius 1 is 1.25 bits per heavy atom. The van der Waals surface area contributed by atoms with E-state index < -0.39 is 11.5 Å². The maximum absolute atomic E-state index is 13.1. The highest BCUT2D eigenvalue weighted by molar-refractivity contribution is 7.99. The van der Waals surface area contributed by atoms with Crippen molar-refractivity contribution in [2.45, 2.75) is 116 Å². The molecule has 0 aromatic heterocycles. The van der Waals surface area contributed by atoms with Gasteiger partial charge < -0.3 is 14.6 Å². The fourth-order valence-electron chi connectivity index (χ4n) is 6.47. The summed E-state index contributed by atoms with van der Waals surface area (Å²) in [5.74, 6) is 1.12. The van der Waals surface area contributed by atoms with Gasteiger partial charge in [0.05, 0.1) is 17.9 Å². The third-order valence-corrected chi connectivity index (χ3v) is 10.2. The van der Waals surface area contributed by atoms with E-state index in [0.29, 0.717) is 29.4 Å². The lowest BCUT2D eigenvalue weighted by atomic mass is 9.50. The Labute approximate surface area is 198 Å². The van der Waals surface area contributed by atoms with E-state index in [-0.39, 0.29) is 36.0 Å². The van der Waals surface area contributed by atoms with E-state index in [1.54, 1.807) is 0 Å². The highest BCUT2D eigenvalue weighted by atomic mass is 32.2. The van der Waals surface area contributed by atoms with Crippen LogP contribution in [0.1, 0.15) is 92.4 Å². The van der Waals surface area contributed by atoms with Gasteiger partial charge in [0.15, 0.2) is 0 Å². The number of esters is 2. The minimum atomic E-state index is -0.588. The Kier molecular flexibility index (Phi) is 8.28. The fraction of sp³-hybridized carbons (Fsp3) is 0.923. The van der Waals surface area contributed by atoms with Gasteiger partial charge in [-0.05, 0) is 76.4 Å². The maximum atomic E-state index is 13.1. The van der Waals surface area contributed by atoms with Crippen LogP contribution in [0.15, 0.2) is 0 Å². The van der Waals surface area contributed by atoms with Crippen LogP contribution in [0.4, 0.5) is 0 Å². The average Bonchev–Trinajstić information content (AvgIpc) is 2.73. The summed E-state index contributed by atoms with van der Waals surface area (Å²) in [7, 11) is 0. The molecule has 0 spiro atoms. The molecule has 3 rings (SSSR count). The number of aliphatic hydroxyl groups excluding tert-OH is 1. The second-order valence-electron chi connectivity index (χ2n) is 11.5. The van der Waals surface area contributed by atoms with Gasteiger partial charge in [-0.2, -0.15) is 11.8 Å². The summed E-state index contributed by atoms with van der Waals surface area (Å²) in [5, 5.41) is 10.5. The molecule has 1 heterocycles. The molecule has 3 aliphatic rings. The molecule has 1 saturated heterocycles. The van der Waals surface area contributed by atoms with Crippen LogP contribution in [0.5, 0.6) is 0 Å². The molecule has 6 heteroatoms.